The average molecular weight is 331 g/mol. The molecule has 1 rings (SSSR count). The average Bonchev–Trinajstić information content (AvgIpc) is 3.05. The van der Waals surface area contributed by atoms with Crippen LogP contribution in [0.25, 0.3) is 0 Å². The lowest BCUT2D eigenvalue weighted by Gasteiger charge is -2.26. The van der Waals surface area contributed by atoms with Crippen molar-refractivity contribution in [3.05, 3.63) is 0 Å². The Labute approximate surface area is 133 Å². The van der Waals surface area contributed by atoms with Gasteiger partial charge in [0.2, 0.25) is 5.91 Å². The first kappa shape index (κ1) is 18.9. The number of carboxylic acid groups (broad SMARTS) is 1. The molecule has 130 valence electrons. The normalized spacial score (nSPS) is 19.7. The fraction of sp³-hybridized carbons (Fsp3) is 0.714. The minimum Gasteiger partial charge on any atom is -0.480 e. The highest BCUT2D eigenvalue weighted by atomic mass is 16.5. The number of carbonyl (C=O) groups excluding carboxylic acids is 3. The van der Waals surface area contributed by atoms with Gasteiger partial charge in [-0.2, -0.15) is 0 Å². The van der Waals surface area contributed by atoms with E-state index in [4.69, 9.17) is 4.74 Å². The number of hydrogen-bond acceptors (Lipinski definition) is 7. The molecule has 0 aromatic heterocycles. The monoisotopic (exact) mass is 331 g/mol. The number of amides is 1. The van der Waals surface area contributed by atoms with Crippen LogP contribution in [0.2, 0.25) is 0 Å². The third kappa shape index (κ3) is 4.65. The number of carboxylic acids is 1. The van der Waals surface area contributed by atoms with Crippen LogP contribution >= 0.6 is 0 Å². The van der Waals surface area contributed by atoms with Gasteiger partial charge in [-0.25, -0.2) is 4.79 Å². The van der Waals surface area contributed by atoms with Gasteiger partial charge in [-0.15, -0.1) is 0 Å². The molecule has 23 heavy (non-hydrogen) atoms. The molecule has 0 radical (unpaired) electrons. The van der Waals surface area contributed by atoms with Gasteiger partial charge < -0.3 is 24.6 Å². The van der Waals surface area contributed by atoms with Crippen molar-refractivity contribution >= 4 is 23.8 Å². The molecule has 9 heteroatoms. The molecule has 2 N–H and O–H groups in total. The van der Waals surface area contributed by atoms with Crippen LogP contribution in [0.5, 0.6) is 0 Å². The van der Waals surface area contributed by atoms with Gasteiger partial charge in [0.25, 0.3) is 0 Å². The molecule has 1 fully saturated rings. The third-order valence-corrected chi connectivity index (χ3v) is 3.75. The Bertz CT molecular complexity index is 455. The summed E-state index contributed by atoms with van der Waals surface area (Å²) >= 11 is 0. The van der Waals surface area contributed by atoms with Crippen LogP contribution in [0.3, 0.4) is 0 Å². The number of esters is 2. The van der Waals surface area contributed by atoms with E-state index >= 15 is 0 Å². The van der Waals surface area contributed by atoms with Crippen LogP contribution in [0.1, 0.15) is 19.8 Å². The van der Waals surface area contributed by atoms with Gasteiger partial charge in [-0.05, 0) is 12.8 Å². The maximum absolute atomic E-state index is 12.0. The van der Waals surface area contributed by atoms with E-state index < -0.39 is 47.8 Å². The molecular formula is C14H21NO8. The molecule has 9 nitrogen and oxygen atoms in total. The predicted octanol–water partition coefficient (Wildman–Crippen LogP) is -0.667. The maximum Gasteiger partial charge on any atom is 0.326 e. The number of methoxy groups -OCH3 is 2. The Morgan fingerprint density at radius 3 is 2.13 bits per heavy atom. The Hall–Kier alpha value is -2.16. The Kier molecular flexibility index (Phi) is 6.95. The Balaban J connectivity index is 2.92. The lowest BCUT2D eigenvalue weighted by molar-refractivity contribution is -0.163. The van der Waals surface area contributed by atoms with Crippen molar-refractivity contribution in [3.63, 3.8) is 0 Å². The molecule has 0 unspecified atom stereocenters. The van der Waals surface area contributed by atoms with E-state index in [-0.39, 0.29) is 0 Å². The Morgan fingerprint density at radius 1 is 1.17 bits per heavy atom. The van der Waals surface area contributed by atoms with Gasteiger partial charge in [0.05, 0.1) is 14.2 Å². The van der Waals surface area contributed by atoms with Gasteiger partial charge in [0, 0.05) is 12.5 Å². The summed E-state index contributed by atoms with van der Waals surface area (Å²) in [6, 6.07) is -1.46. The van der Waals surface area contributed by atoms with Crippen molar-refractivity contribution < 1.29 is 38.5 Å². The molecule has 1 aliphatic rings. The van der Waals surface area contributed by atoms with Gasteiger partial charge in [-0.1, -0.05) is 6.92 Å². The van der Waals surface area contributed by atoms with Gasteiger partial charge in [0.1, 0.15) is 12.1 Å². The van der Waals surface area contributed by atoms with Crippen molar-refractivity contribution in [2.75, 3.05) is 20.8 Å². The van der Waals surface area contributed by atoms with Crippen molar-refractivity contribution in [2.24, 2.45) is 11.8 Å². The largest absolute Gasteiger partial charge is 0.480 e. The highest BCUT2D eigenvalue weighted by Gasteiger charge is 2.42. The van der Waals surface area contributed by atoms with Crippen LogP contribution in [0.4, 0.5) is 0 Å². The first-order valence-electron chi connectivity index (χ1n) is 7.13. The second kappa shape index (κ2) is 8.47. The van der Waals surface area contributed by atoms with E-state index in [0.717, 1.165) is 14.2 Å². The summed E-state index contributed by atoms with van der Waals surface area (Å²) in [6.45, 7) is 1.78. The molecule has 3 atom stereocenters. The first-order chi connectivity index (χ1) is 10.8. The minimum absolute atomic E-state index is 0.429. The highest BCUT2D eigenvalue weighted by molar-refractivity contribution is 5.96. The lowest BCUT2D eigenvalue weighted by atomic mass is 9.87. The lowest BCUT2D eigenvalue weighted by Crippen LogP contribution is -2.52. The van der Waals surface area contributed by atoms with Crippen LogP contribution in [-0.2, 0) is 33.4 Å². The van der Waals surface area contributed by atoms with Crippen LogP contribution in [0, 0.1) is 11.8 Å². The van der Waals surface area contributed by atoms with Crippen molar-refractivity contribution in [2.45, 2.75) is 31.9 Å². The zero-order valence-electron chi connectivity index (χ0n) is 13.2. The molecule has 0 bridgehead atoms. The summed E-state index contributed by atoms with van der Waals surface area (Å²) in [7, 11) is 2.15. The van der Waals surface area contributed by atoms with Crippen LogP contribution in [0.15, 0.2) is 0 Å². The number of hydrogen-bond donors (Lipinski definition) is 2. The second-order valence-corrected chi connectivity index (χ2v) is 5.21. The molecule has 1 aliphatic heterocycles. The molecule has 0 spiro atoms. The molecule has 0 saturated carbocycles. The van der Waals surface area contributed by atoms with Crippen molar-refractivity contribution in [3.8, 4) is 0 Å². The molecule has 1 amide bonds. The topological polar surface area (TPSA) is 128 Å². The highest BCUT2D eigenvalue weighted by Crippen LogP contribution is 2.21. The number of aliphatic carboxylic acids is 1. The molecule has 0 aliphatic carbocycles. The van der Waals surface area contributed by atoms with Crippen molar-refractivity contribution in [1.29, 1.82) is 0 Å². The van der Waals surface area contributed by atoms with Crippen LogP contribution in [-0.4, -0.2) is 61.9 Å². The summed E-state index contributed by atoms with van der Waals surface area (Å²) in [5, 5.41) is 11.7. The van der Waals surface area contributed by atoms with E-state index in [1.807, 2.05) is 0 Å². The van der Waals surface area contributed by atoms with E-state index in [2.05, 4.69) is 14.8 Å². The number of ether oxygens (including phenoxy) is 3. The summed E-state index contributed by atoms with van der Waals surface area (Å²) in [5.74, 6) is -6.35. The molecular weight excluding hydrogens is 310 g/mol. The standard InChI is InChI=1S/C14H21NO8/c1-7(9(13(19)21-2)14(20)22-3)10(12(17)18)15-11(16)8-5-4-6-23-8/h7-10H,4-6H2,1-3H3,(H,15,16)(H,17,18)/t7-,8+,10-/m0/s1. The van der Waals surface area contributed by atoms with Gasteiger partial charge in [0.15, 0.2) is 5.92 Å². The Morgan fingerprint density at radius 2 is 1.74 bits per heavy atom. The smallest absolute Gasteiger partial charge is 0.326 e. The second-order valence-electron chi connectivity index (χ2n) is 5.21. The molecule has 0 aromatic carbocycles. The summed E-state index contributed by atoms with van der Waals surface area (Å²) < 4.78 is 14.2. The van der Waals surface area contributed by atoms with E-state index in [0.29, 0.717) is 19.4 Å². The van der Waals surface area contributed by atoms with E-state index in [9.17, 15) is 24.3 Å². The molecule has 1 heterocycles. The van der Waals surface area contributed by atoms with E-state index in [1.54, 1.807) is 0 Å². The van der Waals surface area contributed by atoms with Crippen molar-refractivity contribution in [1.82, 2.24) is 5.32 Å². The summed E-state index contributed by atoms with van der Waals surface area (Å²) in [4.78, 5) is 47.0. The number of nitrogens with one attached hydrogen (secondary N) is 1. The fourth-order valence-corrected chi connectivity index (χ4v) is 2.42. The zero-order chi connectivity index (χ0) is 17.6. The third-order valence-electron chi connectivity index (χ3n) is 3.75. The SMILES string of the molecule is COC(=O)C(C(=O)OC)[C@H](C)[C@H](NC(=O)[C@H]1CCCO1)C(=O)O. The van der Waals surface area contributed by atoms with Crippen LogP contribution < -0.4 is 5.32 Å². The fourth-order valence-electron chi connectivity index (χ4n) is 2.42. The summed E-state index contributed by atoms with van der Waals surface area (Å²) in [5.41, 5.74) is 0. The van der Waals surface area contributed by atoms with E-state index in [1.165, 1.54) is 6.92 Å². The van der Waals surface area contributed by atoms with Gasteiger partial charge in [-0.3, -0.25) is 14.4 Å². The van der Waals surface area contributed by atoms with Gasteiger partial charge >= 0.3 is 17.9 Å². The number of carbonyl (C=O) groups is 4. The molecule has 1 saturated heterocycles. The molecule has 0 aromatic rings. The summed E-state index contributed by atoms with van der Waals surface area (Å²) in [6.07, 6.45) is 0.473. The first-order valence-corrected chi connectivity index (χ1v) is 7.13. The minimum atomic E-state index is -1.46. The predicted molar refractivity (Wildman–Crippen MR) is 75.2 cm³/mol. The number of rotatable bonds is 7. The quantitative estimate of drug-likeness (QED) is 0.464. The zero-order valence-corrected chi connectivity index (χ0v) is 13.2. The maximum atomic E-state index is 12.0.